The Morgan fingerprint density at radius 3 is 2.58 bits per heavy atom. The van der Waals surface area contributed by atoms with Gasteiger partial charge in [0.2, 0.25) is 0 Å². The van der Waals surface area contributed by atoms with E-state index in [1.165, 1.54) is 11.0 Å². The zero-order valence-corrected chi connectivity index (χ0v) is 14.4. The lowest BCUT2D eigenvalue weighted by Gasteiger charge is -2.26. The Labute approximate surface area is 142 Å². The van der Waals surface area contributed by atoms with Crippen LogP contribution in [0.3, 0.4) is 0 Å². The van der Waals surface area contributed by atoms with Crippen LogP contribution in [0.15, 0.2) is 36.4 Å². The van der Waals surface area contributed by atoms with E-state index in [1.54, 1.807) is 13.0 Å². The number of carbonyl (C=O) groups is 2. The van der Waals surface area contributed by atoms with Crippen molar-refractivity contribution in [2.45, 2.75) is 19.4 Å². The van der Waals surface area contributed by atoms with Crippen LogP contribution >= 0.6 is 0 Å². The molecule has 0 aliphatic carbocycles. The van der Waals surface area contributed by atoms with Gasteiger partial charge in [0.1, 0.15) is 0 Å². The molecule has 0 aromatic heterocycles. The molecule has 6 nitrogen and oxygen atoms in total. The molecule has 2 rings (SSSR count). The van der Waals surface area contributed by atoms with Gasteiger partial charge in [0.25, 0.3) is 5.91 Å². The van der Waals surface area contributed by atoms with Crippen LogP contribution in [0.5, 0.6) is 0 Å². The third-order valence-corrected chi connectivity index (χ3v) is 5.61. The van der Waals surface area contributed by atoms with E-state index in [0.717, 1.165) is 5.56 Å². The van der Waals surface area contributed by atoms with E-state index in [4.69, 9.17) is 4.74 Å². The maximum atomic E-state index is 12.2. The van der Waals surface area contributed by atoms with Crippen molar-refractivity contribution in [3.63, 3.8) is 0 Å². The van der Waals surface area contributed by atoms with Crippen molar-refractivity contribution >= 4 is 27.8 Å². The third-order valence-electron chi connectivity index (χ3n) is 3.86. The van der Waals surface area contributed by atoms with Crippen LogP contribution < -0.4 is 0 Å². The van der Waals surface area contributed by atoms with Gasteiger partial charge >= 0.3 is 5.97 Å². The van der Waals surface area contributed by atoms with Gasteiger partial charge in [-0.3, -0.25) is 4.79 Å². The van der Waals surface area contributed by atoms with E-state index in [2.05, 4.69) is 0 Å². The number of nitrogens with zero attached hydrogens (tertiary/aromatic N) is 1. The minimum Gasteiger partial charge on any atom is -0.452 e. The van der Waals surface area contributed by atoms with Crippen molar-refractivity contribution in [3.05, 3.63) is 42.0 Å². The summed E-state index contributed by atoms with van der Waals surface area (Å²) in [5, 5.41) is 0. The number of hydrogen-bond donors (Lipinski definition) is 0. The summed E-state index contributed by atoms with van der Waals surface area (Å²) in [6.07, 6.45) is 3.30. The molecule has 1 fully saturated rings. The first kappa shape index (κ1) is 18.2. The van der Waals surface area contributed by atoms with Crippen LogP contribution in [0.4, 0.5) is 0 Å². The summed E-state index contributed by atoms with van der Waals surface area (Å²) >= 11 is 0. The summed E-state index contributed by atoms with van der Waals surface area (Å²) in [4.78, 5) is 25.3. The van der Waals surface area contributed by atoms with Crippen molar-refractivity contribution in [2.75, 3.05) is 24.7 Å². The van der Waals surface area contributed by atoms with Crippen LogP contribution in [-0.2, 0) is 24.2 Å². The Hall–Kier alpha value is -2.15. The molecule has 1 aliphatic heterocycles. The van der Waals surface area contributed by atoms with Gasteiger partial charge in [-0.15, -0.1) is 0 Å². The molecule has 1 amide bonds. The Kier molecular flexibility index (Phi) is 6.14. The molecule has 0 radical (unpaired) electrons. The van der Waals surface area contributed by atoms with Gasteiger partial charge < -0.3 is 9.64 Å². The molecule has 7 heteroatoms. The van der Waals surface area contributed by atoms with Gasteiger partial charge in [-0.05, 0) is 25.0 Å². The summed E-state index contributed by atoms with van der Waals surface area (Å²) in [6.45, 7) is 1.78. The molecule has 130 valence electrons. The highest BCUT2D eigenvalue weighted by Gasteiger charge is 2.34. The molecule has 1 saturated heterocycles. The Bertz CT molecular complexity index is 712. The second-order valence-corrected chi connectivity index (χ2v) is 7.82. The molecule has 0 unspecified atom stereocenters. The second kappa shape index (κ2) is 8.10. The predicted octanol–water partition coefficient (Wildman–Crippen LogP) is 1.28. The number of benzene rings is 1. The van der Waals surface area contributed by atoms with Crippen molar-refractivity contribution in [2.24, 2.45) is 0 Å². The number of esters is 1. The molecule has 1 aromatic carbocycles. The fourth-order valence-electron chi connectivity index (χ4n) is 2.65. The van der Waals surface area contributed by atoms with Crippen molar-refractivity contribution in [1.29, 1.82) is 0 Å². The fourth-order valence-corrected chi connectivity index (χ4v) is 4.38. The smallest absolute Gasteiger partial charge is 0.331 e. The van der Waals surface area contributed by atoms with Gasteiger partial charge in [-0.1, -0.05) is 30.3 Å². The van der Waals surface area contributed by atoms with Crippen molar-refractivity contribution < 1.29 is 22.7 Å². The quantitative estimate of drug-likeness (QED) is 0.570. The highest BCUT2D eigenvalue weighted by molar-refractivity contribution is 7.91. The lowest BCUT2D eigenvalue weighted by Crippen LogP contribution is -2.43. The topological polar surface area (TPSA) is 80.8 Å². The largest absolute Gasteiger partial charge is 0.452 e. The zero-order valence-electron chi connectivity index (χ0n) is 13.6. The van der Waals surface area contributed by atoms with Gasteiger partial charge in [-0.2, -0.15) is 0 Å². The number of rotatable bonds is 6. The van der Waals surface area contributed by atoms with Crippen LogP contribution in [0.25, 0.3) is 6.08 Å². The maximum absolute atomic E-state index is 12.2. The van der Waals surface area contributed by atoms with E-state index < -0.39 is 15.8 Å². The van der Waals surface area contributed by atoms with Gasteiger partial charge in [0.05, 0.1) is 11.5 Å². The molecule has 0 saturated carbocycles. The van der Waals surface area contributed by atoms with Gasteiger partial charge in [-0.25, -0.2) is 13.2 Å². The standard InChI is InChI=1S/C17H21NO5S/c1-2-18(15-10-11-24(21,22)13-15)16(19)12-23-17(20)9-8-14-6-4-3-5-7-14/h3-9,15H,2,10-13H2,1H3/b9-8+/t15-/m1/s1. The summed E-state index contributed by atoms with van der Waals surface area (Å²) in [6, 6.07) is 8.93. The average molecular weight is 351 g/mol. The number of ether oxygens (including phenoxy) is 1. The van der Waals surface area contributed by atoms with Gasteiger partial charge in [0.15, 0.2) is 16.4 Å². The molecule has 1 heterocycles. The fraction of sp³-hybridized carbons (Fsp3) is 0.412. The molecule has 24 heavy (non-hydrogen) atoms. The van der Waals surface area contributed by atoms with E-state index in [0.29, 0.717) is 13.0 Å². The summed E-state index contributed by atoms with van der Waals surface area (Å²) in [5.74, 6) is -0.904. The molecule has 1 aliphatic rings. The minimum atomic E-state index is -3.07. The van der Waals surface area contributed by atoms with Crippen LogP contribution in [-0.4, -0.2) is 55.9 Å². The van der Waals surface area contributed by atoms with Crippen LogP contribution in [0.2, 0.25) is 0 Å². The van der Waals surface area contributed by atoms with Gasteiger partial charge in [0, 0.05) is 18.7 Å². The summed E-state index contributed by atoms with van der Waals surface area (Å²) < 4.78 is 28.0. The number of amides is 1. The third kappa shape index (κ3) is 5.19. The number of carbonyl (C=O) groups excluding carboxylic acids is 2. The Morgan fingerprint density at radius 2 is 2.00 bits per heavy atom. The highest BCUT2D eigenvalue weighted by Crippen LogP contribution is 2.17. The molecule has 1 atom stereocenters. The summed E-state index contributed by atoms with van der Waals surface area (Å²) in [5.41, 5.74) is 0.854. The lowest BCUT2D eigenvalue weighted by molar-refractivity contribution is -0.149. The molecule has 0 bridgehead atoms. The lowest BCUT2D eigenvalue weighted by atomic mass is 10.2. The van der Waals surface area contributed by atoms with Crippen molar-refractivity contribution in [3.8, 4) is 0 Å². The second-order valence-electron chi connectivity index (χ2n) is 5.59. The average Bonchev–Trinajstić information content (AvgIpc) is 2.92. The summed E-state index contributed by atoms with van der Waals surface area (Å²) in [7, 11) is -3.07. The number of sulfone groups is 1. The maximum Gasteiger partial charge on any atom is 0.331 e. The number of likely N-dealkylation sites (N-methyl/N-ethyl adjacent to an activating group) is 1. The van der Waals surface area contributed by atoms with E-state index >= 15 is 0 Å². The molecule has 0 spiro atoms. The van der Waals surface area contributed by atoms with Crippen LogP contribution in [0.1, 0.15) is 18.9 Å². The van der Waals surface area contributed by atoms with E-state index in [-0.39, 0.29) is 30.1 Å². The molecule has 0 N–H and O–H groups in total. The highest BCUT2D eigenvalue weighted by atomic mass is 32.2. The SMILES string of the molecule is CCN(C(=O)COC(=O)/C=C/c1ccccc1)[C@@H]1CCS(=O)(=O)C1. The van der Waals surface area contributed by atoms with E-state index in [9.17, 15) is 18.0 Å². The molecule has 1 aromatic rings. The normalized spacial score (nSPS) is 19.3. The molecular weight excluding hydrogens is 330 g/mol. The Balaban J connectivity index is 1.85. The first-order valence-electron chi connectivity index (χ1n) is 7.81. The minimum absolute atomic E-state index is 0.0194. The van der Waals surface area contributed by atoms with E-state index in [1.807, 2.05) is 30.3 Å². The van der Waals surface area contributed by atoms with Crippen LogP contribution in [0, 0.1) is 0 Å². The first-order chi connectivity index (χ1) is 11.4. The molecular formula is C17H21NO5S. The Morgan fingerprint density at radius 1 is 1.29 bits per heavy atom. The predicted molar refractivity (Wildman–Crippen MR) is 90.9 cm³/mol. The first-order valence-corrected chi connectivity index (χ1v) is 9.63. The number of hydrogen-bond acceptors (Lipinski definition) is 5. The monoisotopic (exact) mass is 351 g/mol. The zero-order chi connectivity index (χ0) is 17.6. The van der Waals surface area contributed by atoms with Crippen molar-refractivity contribution in [1.82, 2.24) is 4.90 Å².